The molecule has 3 rings (SSSR count). The van der Waals surface area contributed by atoms with Crippen molar-refractivity contribution in [3.63, 3.8) is 0 Å². The molecule has 0 aromatic heterocycles. The van der Waals surface area contributed by atoms with E-state index >= 15 is 0 Å². The summed E-state index contributed by atoms with van der Waals surface area (Å²) in [6, 6.07) is 12.8. The van der Waals surface area contributed by atoms with Crippen LogP contribution in [-0.2, 0) is 4.79 Å². The number of anilines is 2. The highest BCUT2D eigenvalue weighted by Crippen LogP contribution is 2.26. The van der Waals surface area contributed by atoms with Crippen LogP contribution in [0.4, 0.5) is 11.4 Å². The van der Waals surface area contributed by atoms with Gasteiger partial charge in [0.15, 0.2) is 0 Å². The van der Waals surface area contributed by atoms with Crippen LogP contribution in [0.3, 0.4) is 0 Å². The molecule has 1 heterocycles. The molecule has 0 saturated carbocycles. The first kappa shape index (κ1) is 16.1. The molecule has 0 spiro atoms. The van der Waals surface area contributed by atoms with Crippen LogP contribution >= 0.6 is 0 Å². The maximum absolute atomic E-state index is 12.6. The van der Waals surface area contributed by atoms with Gasteiger partial charge in [-0.1, -0.05) is 17.7 Å². The molecule has 1 saturated heterocycles. The van der Waals surface area contributed by atoms with E-state index in [-0.39, 0.29) is 11.8 Å². The van der Waals surface area contributed by atoms with Crippen LogP contribution in [0.2, 0.25) is 0 Å². The normalized spacial score (nSPS) is 13.9. The third-order valence-corrected chi connectivity index (χ3v) is 4.09. The largest absolute Gasteiger partial charge is 0.496 e. The zero-order chi connectivity index (χ0) is 17.1. The van der Waals surface area contributed by atoms with E-state index in [1.165, 1.54) is 0 Å². The van der Waals surface area contributed by atoms with Gasteiger partial charge in [0.1, 0.15) is 5.75 Å². The number of nitrogens with zero attached hydrogens (tertiary/aromatic N) is 1. The van der Waals surface area contributed by atoms with E-state index in [0.29, 0.717) is 23.4 Å². The number of ether oxygens (including phenoxy) is 1. The third kappa shape index (κ3) is 3.25. The van der Waals surface area contributed by atoms with Crippen molar-refractivity contribution in [1.29, 1.82) is 0 Å². The summed E-state index contributed by atoms with van der Waals surface area (Å²) in [5.74, 6) is 0.420. The van der Waals surface area contributed by atoms with Crippen molar-refractivity contribution in [3.8, 4) is 5.75 Å². The minimum atomic E-state index is -0.236. The molecule has 1 aliphatic rings. The van der Waals surface area contributed by atoms with Crippen LogP contribution < -0.4 is 15.0 Å². The molecule has 2 aromatic rings. The van der Waals surface area contributed by atoms with E-state index in [1.807, 2.05) is 37.3 Å². The van der Waals surface area contributed by atoms with E-state index < -0.39 is 0 Å². The van der Waals surface area contributed by atoms with Gasteiger partial charge in [-0.3, -0.25) is 9.59 Å². The van der Waals surface area contributed by atoms with Gasteiger partial charge in [0.25, 0.3) is 5.91 Å². The Morgan fingerprint density at radius 1 is 1.21 bits per heavy atom. The number of rotatable bonds is 4. The number of carbonyl (C=O) groups is 2. The first-order valence-electron chi connectivity index (χ1n) is 7.95. The van der Waals surface area contributed by atoms with Gasteiger partial charge in [-0.2, -0.15) is 0 Å². The van der Waals surface area contributed by atoms with Crippen molar-refractivity contribution in [2.45, 2.75) is 19.8 Å². The standard InChI is InChI=1S/C19H20N2O3/c1-13-8-9-17(24-2)16(11-13)19(23)20-14-5-3-6-15(12-14)21-10-4-7-18(21)22/h3,5-6,8-9,11-12H,4,7,10H2,1-2H3,(H,20,23). The Hall–Kier alpha value is -2.82. The number of methoxy groups -OCH3 is 1. The molecule has 24 heavy (non-hydrogen) atoms. The lowest BCUT2D eigenvalue weighted by atomic mass is 10.1. The van der Waals surface area contributed by atoms with Gasteiger partial charge in [0, 0.05) is 24.3 Å². The van der Waals surface area contributed by atoms with E-state index in [1.54, 1.807) is 24.1 Å². The fourth-order valence-electron chi connectivity index (χ4n) is 2.87. The van der Waals surface area contributed by atoms with Crippen LogP contribution in [0.1, 0.15) is 28.8 Å². The number of hydrogen-bond donors (Lipinski definition) is 1. The second kappa shape index (κ2) is 6.74. The predicted molar refractivity (Wildman–Crippen MR) is 93.7 cm³/mol. The Kier molecular flexibility index (Phi) is 4.51. The van der Waals surface area contributed by atoms with Crippen molar-refractivity contribution >= 4 is 23.2 Å². The Labute approximate surface area is 141 Å². The van der Waals surface area contributed by atoms with Crippen molar-refractivity contribution in [3.05, 3.63) is 53.6 Å². The number of benzene rings is 2. The molecule has 0 radical (unpaired) electrons. The van der Waals surface area contributed by atoms with E-state index in [9.17, 15) is 9.59 Å². The molecule has 2 amide bonds. The lowest BCUT2D eigenvalue weighted by Gasteiger charge is -2.17. The molecular weight excluding hydrogens is 304 g/mol. The van der Waals surface area contributed by atoms with Crippen LogP contribution in [0.15, 0.2) is 42.5 Å². The lowest BCUT2D eigenvalue weighted by molar-refractivity contribution is -0.117. The summed E-state index contributed by atoms with van der Waals surface area (Å²) >= 11 is 0. The Morgan fingerprint density at radius 3 is 2.75 bits per heavy atom. The maximum Gasteiger partial charge on any atom is 0.259 e. The molecule has 5 nitrogen and oxygen atoms in total. The summed E-state index contributed by atoms with van der Waals surface area (Å²) < 4.78 is 5.26. The summed E-state index contributed by atoms with van der Waals surface area (Å²) in [5.41, 5.74) is 2.93. The van der Waals surface area contributed by atoms with Gasteiger partial charge >= 0.3 is 0 Å². The van der Waals surface area contributed by atoms with E-state index in [0.717, 1.165) is 24.2 Å². The first-order chi connectivity index (χ1) is 11.6. The SMILES string of the molecule is COc1ccc(C)cc1C(=O)Nc1cccc(N2CCCC2=O)c1. The molecule has 0 unspecified atom stereocenters. The Balaban J connectivity index is 1.82. The zero-order valence-corrected chi connectivity index (χ0v) is 13.8. The molecular formula is C19H20N2O3. The van der Waals surface area contributed by atoms with Crippen LogP contribution in [0, 0.1) is 6.92 Å². The second-order valence-corrected chi connectivity index (χ2v) is 5.86. The van der Waals surface area contributed by atoms with Gasteiger partial charge in [0.05, 0.1) is 12.7 Å². The summed E-state index contributed by atoms with van der Waals surface area (Å²) in [5, 5.41) is 2.88. The minimum Gasteiger partial charge on any atom is -0.496 e. The van der Waals surface area contributed by atoms with Crippen molar-refractivity contribution in [2.75, 3.05) is 23.9 Å². The summed E-state index contributed by atoms with van der Waals surface area (Å²) in [6.07, 6.45) is 1.45. The number of carbonyl (C=O) groups excluding carboxylic acids is 2. The van der Waals surface area contributed by atoms with Crippen LogP contribution in [0.25, 0.3) is 0 Å². The lowest BCUT2D eigenvalue weighted by Crippen LogP contribution is -2.23. The number of amides is 2. The van der Waals surface area contributed by atoms with Crippen LogP contribution in [-0.4, -0.2) is 25.5 Å². The smallest absolute Gasteiger partial charge is 0.259 e. The monoisotopic (exact) mass is 324 g/mol. The predicted octanol–water partition coefficient (Wildman–Crippen LogP) is 3.38. The zero-order valence-electron chi connectivity index (χ0n) is 13.8. The molecule has 0 aliphatic carbocycles. The summed E-state index contributed by atoms with van der Waals surface area (Å²) in [7, 11) is 1.54. The molecule has 1 N–H and O–H groups in total. The van der Waals surface area contributed by atoms with Crippen molar-refractivity contribution < 1.29 is 14.3 Å². The summed E-state index contributed by atoms with van der Waals surface area (Å²) in [6.45, 7) is 2.65. The summed E-state index contributed by atoms with van der Waals surface area (Å²) in [4.78, 5) is 26.2. The third-order valence-electron chi connectivity index (χ3n) is 4.09. The molecule has 0 atom stereocenters. The molecule has 1 aliphatic heterocycles. The van der Waals surface area contributed by atoms with Gasteiger partial charge in [0.2, 0.25) is 5.91 Å². The van der Waals surface area contributed by atoms with Crippen LogP contribution in [0.5, 0.6) is 5.75 Å². The van der Waals surface area contributed by atoms with Gasteiger partial charge in [-0.15, -0.1) is 0 Å². The average Bonchev–Trinajstić information content (AvgIpc) is 3.01. The molecule has 0 bridgehead atoms. The Morgan fingerprint density at radius 2 is 2.04 bits per heavy atom. The Bertz CT molecular complexity index is 786. The number of aryl methyl sites for hydroxylation is 1. The highest BCUT2D eigenvalue weighted by atomic mass is 16.5. The molecule has 5 heteroatoms. The second-order valence-electron chi connectivity index (χ2n) is 5.86. The average molecular weight is 324 g/mol. The van der Waals surface area contributed by atoms with Gasteiger partial charge in [-0.05, 0) is 43.7 Å². The molecule has 1 fully saturated rings. The minimum absolute atomic E-state index is 0.124. The number of nitrogens with one attached hydrogen (secondary N) is 1. The maximum atomic E-state index is 12.6. The highest BCUT2D eigenvalue weighted by molar-refractivity contribution is 6.06. The quantitative estimate of drug-likeness (QED) is 0.938. The van der Waals surface area contributed by atoms with Gasteiger partial charge < -0.3 is 15.0 Å². The van der Waals surface area contributed by atoms with Crippen molar-refractivity contribution in [1.82, 2.24) is 0 Å². The fraction of sp³-hybridized carbons (Fsp3) is 0.263. The first-order valence-corrected chi connectivity index (χ1v) is 7.95. The van der Waals surface area contributed by atoms with Gasteiger partial charge in [-0.25, -0.2) is 0 Å². The number of hydrogen-bond acceptors (Lipinski definition) is 3. The molecule has 124 valence electrons. The highest BCUT2D eigenvalue weighted by Gasteiger charge is 2.22. The van der Waals surface area contributed by atoms with E-state index in [2.05, 4.69) is 5.32 Å². The topological polar surface area (TPSA) is 58.6 Å². The fourth-order valence-corrected chi connectivity index (χ4v) is 2.87. The van der Waals surface area contributed by atoms with Crippen molar-refractivity contribution in [2.24, 2.45) is 0 Å². The molecule has 2 aromatic carbocycles. The van der Waals surface area contributed by atoms with E-state index in [4.69, 9.17) is 4.74 Å².